The Morgan fingerprint density at radius 3 is 2.47 bits per heavy atom. The van der Waals surface area contributed by atoms with Crippen molar-refractivity contribution in [1.29, 1.82) is 0 Å². The van der Waals surface area contributed by atoms with E-state index >= 15 is 0 Å². The molecule has 1 aromatic rings. The van der Waals surface area contributed by atoms with E-state index in [0.29, 0.717) is 51.4 Å². The number of morpholine rings is 1. The average molecular weight is 439 g/mol. The Kier molecular flexibility index (Phi) is 7.81. The average Bonchev–Trinajstić information content (AvgIpc) is 3.17. The number of hydrogen-bond donors (Lipinski definition) is 2. The molecule has 166 valence electrons. The molecule has 2 saturated heterocycles. The lowest BCUT2D eigenvalue weighted by Gasteiger charge is -2.28. The van der Waals surface area contributed by atoms with Gasteiger partial charge in [-0.05, 0) is 18.4 Å². The first-order chi connectivity index (χ1) is 14.3. The first-order valence-electron chi connectivity index (χ1n) is 10.3. The number of ether oxygens (including phenoxy) is 1. The molecule has 0 saturated carbocycles. The molecule has 2 atom stereocenters. The Balaban J connectivity index is 1.66. The Morgan fingerprint density at radius 2 is 1.83 bits per heavy atom. The number of amides is 2. The van der Waals surface area contributed by atoms with Crippen molar-refractivity contribution in [2.75, 3.05) is 39.4 Å². The molecule has 2 amide bonds. The van der Waals surface area contributed by atoms with Crippen molar-refractivity contribution in [2.45, 2.75) is 37.1 Å². The smallest absolute Gasteiger partial charge is 0.240 e. The maximum absolute atomic E-state index is 13.0. The van der Waals surface area contributed by atoms with Crippen molar-refractivity contribution in [3.63, 3.8) is 0 Å². The molecule has 0 aromatic heterocycles. The van der Waals surface area contributed by atoms with E-state index in [2.05, 4.69) is 4.72 Å². The Labute approximate surface area is 177 Å². The summed E-state index contributed by atoms with van der Waals surface area (Å²) in [6.07, 6.45) is 0.876. The van der Waals surface area contributed by atoms with Crippen molar-refractivity contribution >= 4 is 21.8 Å². The minimum Gasteiger partial charge on any atom is -0.378 e. The molecule has 0 bridgehead atoms. The second-order valence-corrected chi connectivity index (χ2v) is 9.53. The summed E-state index contributed by atoms with van der Waals surface area (Å²) in [5.74, 6) is -0.653. The third-order valence-electron chi connectivity index (χ3n) is 5.37. The fourth-order valence-corrected chi connectivity index (χ4v) is 5.10. The standard InChI is InChI=1S/C20H30N4O5S/c21-17-8-9-24(14-17)20(26)18(6-7-19(25)23-10-12-29-13-11-23)22-30(27,28)15-16-4-2-1-3-5-16/h1-5,17-18,22H,6-15,21H2/t17-,18+/m0/s1. The predicted octanol–water partition coefficient (Wildman–Crippen LogP) is -0.327. The highest BCUT2D eigenvalue weighted by molar-refractivity contribution is 7.88. The summed E-state index contributed by atoms with van der Waals surface area (Å²) in [5, 5.41) is 0. The van der Waals surface area contributed by atoms with Crippen LogP contribution in [0.15, 0.2) is 30.3 Å². The van der Waals surface area contributed by atoms with Crippen LogP contribution in [0.25, 0.3) is 0 Å². The Bertz CT molecular complexity index is 827. The fraction of sp³-hybridized carbons (Fsp3) is 0.600. The van der Waals surface area contributed by atoms with E-state index in [9.17, 15) is 18.0 Å². The maximum Gasteiger partial charge on any atom is 0.240 e. The monoisotopic (exact) mass is 438 g/mol. The molecule has 0 radical (unpaired) electrons. The summed E-state index contributed by atoms with van der Waals surface area (Å²) in [7, 11) is -3.77. The molecular weight excluding hydrogens is 408 g/mol. The third kappa shape index (κ3) is 6.49. The van der Waals surface area contributed by atoms with Crippen molar-refractivity contribution < 1.29 is 22.7 Å². The number of rotatable bonds is 8. The lowest BCUT2D eigenvalue weighted by Crippen LogP contribution is -2.49. The second kappa shape index (κ2) is 10.3. The van der Waals surface area contributed by atoms with Crippen LogP contribution in [0.2, 0.25) is 0 Å². The zero-order valence-corrected chi connectivity index (χ0v) is 17.9. The highest BCUT2D eigenvalue weighted by Gasteiger charge is 2.32. The SMILES string of the molecule is N[C@H]1CCN(C(=O)[C@@H](CCC(=O)N2CCOCC2)NS(=O)(=O)Cc2ccccc2)C1. The first-order valence-corrected chi connectivity index (χ1v) is 11.9. The minimum absolute atomic E-state index is 0.0875. The number of nitrogens with zero attached hydrogens (tertiary/aromatic N) is 2. The van der Waals surface area contributed by atoms with E-state index in [-0.39, 0.29) is 36.5 Å². The van der Waals surface area contributed by atoms with Crippen LogP contribution in [-0.4, -0.2) is 81.5 Å². The van der Waals surface area contributed by atoms with E-state index in [4.69, 9.17) is 10.5 Å². The summed E-state index contributed by atoms with van der Waals surface area (Å²) in [5.41, 5.74) is 6.54. The predicted molar refractivity (Wildman–Crippen MR) is 112 cm³/mol. The number of carbonyl (C=O) groups excluding carboxylic acids is 2. The lowest BCUT2D eigenvalue weighted by atomic mass is 10.1. The number of hydrogen-bond acceptors (Lipinski definition) is 6. The third-order valence-corrected chi connectivity index (χ3v) is 6.72. The molecule has 2 fully saturated rings. The van der Waals surface area contributed by atoms with E-state index in [1.807, 2.05) is 6.07 Å². The van der Waals surface area contributed by atoms with Crippen LogP contribution in [0.3, 0.4) is 0 Å². The van der Waals surface area contributed by atoms with Crippen molar-refractivity contribution in [3.8, 4) is 0 Å². The molecule has 1 aromatic carbocycles. The molecule has 0 aliphatic carbocycles. The van der Waals surface area contributed by atoms with Crippen LogP contribution in [0.5, 0.6) is 0 Å². The minimum atomic E-state index is -3.77. The summed E-state index contributed by atoms with van der Waals surface area (Å²) < 4.78 is 33.2. The lowest BCUT2D eigenvalue weighted by molar-refractivity contribution is -0.136. The zero-order chi connectivity index (χ0) is 21.6. The molecule has 2 heterocycles. The number of nitrogens with two attached hydrogens (primary N) is 1. The number of benzene rings is 1. The molecular formula is C20H30N4O5S. The number of carbonyl (C=O) groups is 2. The molecule has 2 aliphatic rings. The van der Waals surface area contributed by atoms with E-state index in [1.54, 1.807) is 34.1 Å². The number of nitrogens with one attached hydrogen (secondary N) is 1. The van der Waals surface area contributed by atoms with Gasteiger partial charge in [0, 0.05) is 38.6 Å². The van der Waals surface area contributed by atoms with Crippen LogP contribution < -0.4 is 10.5 Å². The summed E-state index contributed by atoms with van der Waals surface area (Å²) in [4.78, 5) is 28.8. The van der Waals surface area contributed by atoms with Gasteiger partial charge >= 0.3 is 0 Å². The van der Waals surface area contributed by atoms with Gasteiger partial charge in [0.2, 0.25) is 21.8 Å². The topological polar surface area (TPSA) is 122 Å². The van der Waals surface area contributed by atoms with Gasteiger partial charge in [-0.2, -0.15) is 0 Å². The van der Waals surface area contributed by atoms with Gasteiger partial charge in [-0.25, -0.2) is 13.1 Å². The highest BCUT2D eigenvalue weighted by Crippen LogP contribution is 2.14. The molecule has 10 heteroatoms. The first kappa shape index (κ1) is 22.7. The van der Waals surface area contributed by atoms with Crippen LogP contribution in [0.1, 0.15) is 24.8 Å². The Hall–Kier alpha value is -2.01. The van der Waals surface area contributed by atoms with Gasteiger partial charge in [-0.3, -0.25) is 9.59 Å². The molecule has 2 aliphatic heterocycles. The van der Waals surface area contributed by atoms with E-state index in [1.165, 1.54) is 0 Å². The fourth-order valence-electron chi connectivity index (χ4n) is 3.73. The van der Waals surface area contributed by atoms with Gasteiger partial charge in [0.25, 0.3) is 0 Å². The molecule has 0 unspecified atom stereocenters. The Morgan fingerprint density at radius 1 is 1.13 bits per heavy atom. The summed E-state index contributed by atoms with van der Waals surface area (Å²) >= 11 is 0. The van der Waals surface area contributed by atoms with E-state index < -0.39 is 16.1 Å². The normalized spacial score (nSPS) is 20.9. The van der Waals surface area contributed by atoms with Crippen molar-refractivity contribution in [3.05, 3.63) is 35.9 Å². The molecule has 3 rings (SSSR count). The second-order valence-electron chi connectivity index (χ2n) is 7.78. The van der Waals surface area contributed by atoms with Gasteiger partial charge < -0.3 is 20.3 Å². The molecule has 0 spiro atoms. The molecule has 30 heavy (non-hydrogen) atoms. The van der Waals surface area contributed by atoms with Gasteiger partial charge in [0.15, 0.2) is 0 Å². The number of sulfonamides is 1. The summed E-state index contributed by atoms with van der Waals surface area (Å²) in [6, 6.07) is 7.68. The van der Waals surface area contributed by atoms with Gasteiger partial charge in [0.1, 0.15) is 6.04 Å². The highest BCUT2D eigenvalue weighted by atomic mass is 32.2. The summed E-state index contributed by atoms with van der Waals surface area (Å²) in [6.45, 7) is 2.89. The van der Waals surface area contributed by atoms with Crippen molar-refractivity contribution in [2.24, 2.45) is 5.73 Å². The molecule has 3 N–H and O–H groups in total. The van der Waals surface area contributed by atoms with Crippen LogP contribution >= 0.6 is 0 Å². The maximum atomic E-state index is 13.0. The number of likely N-dealkylation sites (tertiary alicyclic amines) is 1. The molecule has 9 nitrogen and oxygen atoms in total. The quantitative estimate of drug-likeness (QED) is 0.573. The van der Waals surface area contributed by atoms with Gasteiger partial charge in [0.05, 0.1) is 19.0 Å². The van der Waals surface area contributed by atoms with Gasteiger partial charge in [-0.15, -0.1) is 0 Å². The van der Waals surface area contributed by atoms with Crippen LogP contribution in [0, 0.1) is 0 Å². The largest absolute Gasteiger partial charge is 0.378 e. The zero-order valence-electron chi connectivity index (χ0n) is 17.0. The van der Waals surface area contributed by atoms with Crippen molar-refractivity contribution in [1.82, 2.24) is 14.5 Å². The van der Waals surface area contributed by atoms with Gasteiger partial charge in [-0.1, -0.05) is 30.3 Å². The van der Waals surface area contributed by atoms with Crippen LogP contribution in [0.4, 0.5) is 0 Å². The van der Waals surface area contributed by atoms with E-state index in [0.717, 1.165) is 0 Å². The van der Waals surface area contributed by atoms with Crippen LogP contribution in [-0.2, 0) is 30.1 Å².